The van der Waals surface area contributed by atoms with E-state index < -0.39 is 0 Å². The largest absolute Gasteiger partial charge is 0.224 e. The number of thiazole rings is 1. The topological polar surface area (TPSA) is 3.88 Å². The molecule has 0 atom stereocenters. The van der Waals surface area contributed by atoms with Crippen molar-refractivity contribution in [2.75, 3.05) is 0 Å². The molecule has 0 aliphatic heterocycles. The number of aromatic nitrogens is 1. The first-order valence-corrected chi connectivity index (χ1v) is 3.07. The normalized spacial score (nSPS) is 9.43. The van der Waals surface area contributed by atoms with Gasteiger partial charge in [-0.2, -0.15) is 4.57 Å². The first kappa shape index (κ1) is 4.78. The number of rotatable bonds is 0. The molecule has 0 unspecified atom stereocenters. The van der Waals surface area contributed by atoms with Crippen molar-refractivity contribution in [2.45, 2.75) is 6.92 Å². The zero-order valence-corrected chi connectivity index (χ0v) is 5.33. The van der Waals surface area contributed by atoms with Gasteiger partial charge in [0.15, 0.2) is 6.20 Å². The van der Waals surface area contributed by atoms with Gasteiger partial charge in [-0.3, -0.25) is 0 Å². The fourth-order valence-electron chi connectivity index (χ4n) is 0.514. The highest BCUT2D eigenvalue weighted by atomic mass is 32.1. The molecular formula is C5H8NS+. The maximum atomic E-state index is 2.10. The smallest absolute Gasteiger partial charge is 0.198 e. The molecule has 0 aliphatic rings. The number of hydrogen-bond donors (Lipinski definition) is 0. The summed E-state index contributed by atoms with van der Waals surface area (Å²) in [5, 5.41) is 0. The van der Waals surface area contributed by atoms with E-state index in [9.17, 15) is 0 Å². The molecule has 0 radical (unpaired) electrons. The predicted molar refractivity (Wildman–Crippen MR) is 30.2 cm³/mol. The highest BCUT2D eigenvalue weighted by Gasteiger charge is 1.91. The quantitative estimate of drug-likeness (QED) is 0.441. The minimum Gasteiger partial charge on any atom is -0.198 e. The molecule has 1 aromatic rings. The fraction of sp³-hybridized carbons (Fsp3) is 0.400. The van der Waals surface area contributed by atoms with E-state index in [0.29, 0.717) is 0 Å². The van der Waals surface area contributed by atoms with E-state index >= 15 is 0 Å². The molecular weight excluding hydrogens is 106 g/mol. The second-order valence-corrected chi connectivity index (χ2v) is 2.72. The van der Waals surface area contributed by atoms with Crippen molar-refractivity contribution in [3.63, 3.8) is 0 Å². The average molecular weight is 114 g/mol. The summed E-state index contributed by atoms with van der Waals surface area (Å²) in [4.78, 5) is 1.36. The van der Waals surface area contributed by atoms with Crippen LogP contribution in [0.25, 0.3) is 0 Å². The first-order valence-electron chi connectivity index (χ1n) is 2.19. The monoisotopic (exact) mass is 114 g/mol. The number of aryl methyl sites for hydroxylation is 2. The number of nitrogens with zero attached hydrogens (tertiary/aromatic N) is 1. The van der Waals surface area contributed by atoms with Crippen LogP contribution in [0.1, 0.15) is 4.88 Å². The molecule has 2 heteroatoms. The van der Waals surface area contributed by atoms with Crippen LogP contribution in [0, 0.1) is 6.92 Å². The lowest BCUT2D eigenvalue weighted by molar-refractivity contribution is -0.666. The Morgan fingerprint density at radius 3 is 2.57 bits per heavy atom. The van der Waals surface area contributed by atoms with Gasteiger partial charge in [0, 0.05) is 0 Å². The van der Waals surface area contributed by atoms with E-state index in [1.165, 1.54) is 4.88 Å². The van der Waals surface area contributed by atoms with Gasteiger partial charge in [-0.1, -0.05) is 11.3 Å². The fourth-order valence-corrected chi connectivity index (χ4v) is 1.13. The van der Waals surface area contributed by atoms with Crippen LogP contribution in [0.4, 0.5) is 0 Å². The van der Waals surface area contributed by atoms with Crippen molar-refractivity contribution in [2.24, 2.45) is 7.05 Å². The molecule has 0 amide bonds. The molecule has 38 valence electrons. The Morgan fingerprint density at radius 1 is 1.71 bits per heavy atom. The molecule has 0 aromatic carbocycles. The third-order valence-corrected chi connectivity index (χ3v) is 1.71. The Hall–Kier alpha value is -0.370. The van der Waals surface area contributed by atoms with Crippen LogP contribution in [-0.2, 0) is 7.05 Å². The summed E-state index contributed by atoms with van der Waals surface area (Å²) in [5.41, 5.74) is 2.08. The molecule has 0 spiro atoms. The lowest BCUT2D eigenvalue weighted by Gasteiger charge is -1.65. The third kappa shape index (κ3) is 0.996. The van der Waals surface area contributed by atoms with Crippen LogP contribution in [0.5, 0.6) is 0 Å². The van der Waals surface area contributed by atoms with Crippen LogP contribution in [0.2, 0.25) is 0 Å². The Morgan fingerprint density at radius 2 is 2.43 bits per heavy atom. The van der Waals surface area contributed by atoms with Gasteiger partial charge in [0.1, 0.15) is 7.05 Å². The summed E-state index contributed by atoms with van der Waals surface area (Å²) >= 11 is 1.77. The summed E-state index contributed by atoms with van der Waals surface area (Å²) in [5.74, 6) is 0. The molecule has 0 aliphatic carbocycles. The van der Waals surface area contributed by atoms with Crippen LogP contribution in [0.15, 0.2) is 11.7 Å². The molecule has 0 bridgehead atoms. The SMILES string of the molecule is Cc1c[n+](C)cs1. The molecule has 1 heterocycles. The zero-order chi connectivity index (χ0) is 5.28. The number of hydrogen-bond acceptors (Lipinski definition) is 1. The van der Waals surface area contributed by atoms with Gasteiger partial charge in [0.2, 0.25) is 5.51 Å². The molecule has 1 aromatic heterocycles. The van der Waals surface area contributed by atoms with E-state index in [2.05, 4.69) is 23.2 Å². The van der Waals surface area contributed by atoms with Crippen molar-refractivity contribution >= 4 is 11.3 Å². The standard InChI is InChI=1S/C5H8NS/c1-5-3-6(2)4-7-5/h3-4H,1-2H3/q+1. The molecule has 0 fully saturated rings. The summed E-state index contributed by atoms with van der Waals surface area (Å²) in [6, 6.07) is 0. The minimum absolute atomic E-state index is 1.36. The highest BCUT2D eigenvalue weighted by molar-refractivity contribution is 7.09. The van der Waals surface area contributed by atoms with Crippen molar-refractivity contribution < 1.29 is 4.57 Å². The molecule has 1 rings (SSSR count). The van der Waals surface area contributed by atoms with E-state index in [-0.39, 0.29) is 0 Å². The summed E-state index contributed by atoms with van der Waals surface area (Å²) in [6.07, 6.45) is 2.10. The van der Waals surface area contributed by atoms with Crippen molar-refractivity contribution in [3.05, 3.63) is 16.6 Å². The van der Waals surface area contributed by atoms with Gasteiger partial charge in [0.05, 0.1) is 4.88 Å². The van der Waals surface area contributed by atoms with Gasteiger partial charge in [-0.05, 0) is 6.92 Å². The van der Waals surface area contributed by atoms with E-state index in [0.717, 1.165) is 0 Å². The molecule has 0 saturated heterocycles. The highest BCUT2D eigenvalue weighted by Crippen LogP contribution is 1.98. The van der Waals surface area contributed by atoms with Gasteiger partial charge < -0.3 is 0 Å². The van der Waals surface area contributed by atoms with Gasteiger partial charge >= 0.3 is 0 Å². The molecule has 7 heavy (non-hydrogen) atoms. The molecule has 0 saturated carbocycles. The van der Waals surface area contributed by atoms with Crippen molar-refractivity contribution in [1.29, 1.82) is 0 Å². The van der Waals surface area contributed by atoms with Crippen molar-refractivity contribution in [1.82, 2.24) is 0 Å². The maximum absolute atomic E-state index is 2.10. The Balaban J connectivity index is 3.04. The predicted octanol–water partition coefficient (Wildman–Crippen LogP) is 0.881. The van der Waals surface area contributed by atoms with Gasteiger partial charge in [0.25, 0.3) is 0 Å². The van der Waals surface area contributed by atoms with Crippen LogP contribution in [-0.4, -0.2) is 0 Å². The van der Waals surface area contributed by atoms with Crippen LogP contribution >= 0.6 is 11.3 Å². The second kappa shape index (κ2) is 1.62. The Kier molecular flexibility index (Phi) is 1.11. The Labute approximate surface area is 47.2 Å². The maximum Gasteiger partial charge on any atom is 0.224 e. The van der Waals surface area contributed by atoms with E-state index in [1.807, 2.05) is 7.05 Å². The Bertz CT molecular complexity index is 140. The molecule has 0 N–H and O–H groups in total. The van der Waals surface area contributed by atoms with Crippen LogP contribution in [0.3, 0.4) is 0 Å². The van der Waals surface area contributed by atoms with Gasteiger partial charge in [-0.25, -0.2) is 0 Å². The summed E-state index contributed by atoms with van der Waals surface area (Å²) in [7, 11) is 2.03. The molecule has 1 nitrogen and oxygen atoms in total. The lowest BCUT2D eigenvalue weighted by Crippen LogP contribution is -2.22. The van der Waals surface area contributed by atoms with Crippen molar-refractivity contribution in [3.8, 4) is 0 Å². The van der Waals surface area contributed by atoms with Gasteiger partial charge in [-0.15, -0.1) is 0 Å². The van der Waals surface area contributed by atoms with E-state index in [4.69, 9.17) is 0 Å². The third-order valence-electron chi connectivity index (χ3n) is 0.790. The average Bonchev–Trinajstić information content (AvgIpc) is 1.87. The summed E-state index contributed by atoms with van der Waals surface area (Å²) < 4.78 is 2.06. The zero-order valence-electron chi connectivity index (χ0n) is 4.51. The van der Waals surface area contributed by atoms with E-state index in [1.54, 1.807) is 11.3 Å². The first-order chi connectivity index (χ1) is 3.29. The lowest BCUT2D eigenvalue weighted by atomic mass is 10.6. The summed E-state index contributed by atoms with van der Waals surface area (Å²) in [6.45, 7) is 2.10. The minimum atomic E-state index is 1.36. The van der Waals surface area contributed by atoms with Crippen LogP contribution < -0.4 is 4.57 Å². The second-order valence-electron chi connectivity index (χ2n) is 1.63.